The molecule has 1 N–H and O–H groups in total. The molecule has 0 aliphatic heterocycles. The van der Waals surface area contributed by atoms with Crippen LogP contribution in [0.25, 0.3) is 0 Å². The molecule has 0 aromatic heterocycles. The van der Waals surface area contributed by atoms with Crippen LogP contribution in [0.1, 0.15) is 13.8 Å². The molecule has 0 saturated carbocycles. The van der Waals surface area contributed by atoms with Gasteiger partial charge in [-0.05, 0) is 13.8 Å². The summed E-state index contributed by atoms with van der Waals surface area (Å²) in [7, 11) is 0. The fraction of sp³-hybridized carbons (Fsp3) is 0.714. The van der Waals surface area contributed by atoms with Gasteiger partial charge in [0.1, 0.15) is 0 Å². The molecule has 0 spiro atoms. The van der Waals surface area contributed by atoms with Crippen molar-refractivity contribution in [2.45, 2.75) is 32.0 Å². The first-order valence-corrected chi connectivity index (χ1v) is 3.76. The Kier molecular flexibility index (Phi) is 3.78. The summed E-state index contributed by atoms with van der Waals surface area (Å²) in [6.07, 6.45) is -5.96. The lowest BCUT2D eigenvalue weighted by Gasteiger charge is -2.20. The normalized spacial score (nSPS) is 14.6. The Morgan fingerprint density at radius 3 is 1.80 bits per heavy atom. The molecule has 1 amide bonds. The third-order valence-corrected chi connectivity index (χ3v) is 1.60. The molecular weight excluding hydrogens is 225 g/mol. The van der Waals surface area contributed by atoms with Crippen LogP contribution in [0.5, 0.6) is 0 Å². The van der Waals surface area contributed by atoms with Crippen LogP contribution in [0.4, 0.5) is 22.0 Å². The van der Waals surface area contributed by atoms with E-state index in [-0.39, 0.29) is 0 Å². The van der Waals surface area contributed by atoms with Crippen molar-refractivity contribution in [1.82, 2.24) is 5.32 Å². The molecule has 0 aliphatic carbocycles. The van der Waals surface area contributed by atoms with Crippen molar-refractivity contribution >= 4 is 11.7 Å². The summed E-state index contributed by atoms with van der Waals surface area (Å²) in [4.78, 5) is 21.0. The maximum absolute atomic E-state index is 12.3. The van der Waals surface area contributed by atoms with Gasteiger partial charge in [0.15, 0.2) is 5.78 Å². The van der Waals surface area contributed by atoms with Crippen LogP contribution < -0.4 is 5.32 Å². The molecular formula is C7H8F5NO2. The monoisotopic (exact) mass is 233 g/mol. The molecule has 8 heteroatoms. The minimum absolute atomic E-state index is 0.721. The third kappa shape index (κ3) is 3.14. The molecule has 0 bridgehead atoms. The van der Waals surface area contributed by atoms with Crippen LogP contribution in [-0.4, -0.2) is 29.8 Å². The lowest BCUT2D eigenvalue weighted by molar-refractivity contribution is -0.270. The van der Waals surface area contributed by atoms with Crippen LogP contribution >= 0.6 is 0 Å². The minimum Gasteiger partial charge on any atom is -0.341 e. The van der Waals surface area contributed by atoms with Gasteiger partial charge in [-0.25, -0.2) is 0 Å². The van der Waals surface area contributed by atoms with Crippen LogP contribution in [-0.2, 0) is 9.59 Å². The van der Waals surface area contributed by atoms with Crippen LogP contribution in [0, 0.1) is 0 Å². The van der Waals surface area contributed by atoms with Crippen LogP contribution in [0.2, 0.25) is 0 Å². The van der Waals surface area contributed by atoms with Crippen molar-refractivity contribution in [2.75, 3.05) is 0 Å². The van der Waals surface area contributed by atoms with Crippen molar-refractivity contribution in [2.24, 2.45) is 0 Å². The number of rotatable bonds is 3. The van der Waals surface area contributed by atoms with Gasteiger partial charge in [0.2, 0.25) is 0 Å². The summed E-state index contributed by atoms with van der Waals surface area (Å²) in [6.45, 7) is 1.96. The second-order valence-corrected chi connectivity index (χ2v) is 2.88. The molecule has 0 aromatic rings. The lowest BCUT2D eigenvalue weighted by atomic mass is 10.2. The molecule has 0 fully saturated rings. The second kappa shape index (κ2) is 4.11. The largest absolute Gasteiger partial charge is 0.463 e. The maximum Gasteiger partial charge on any atom is 0.463 e. The number of amides is 1. The Hall–Kier alpha value is -1.21. The summed E-state index contributed by atoms with van der Waals surface area (Å²) in [6, 6.07) is -1.38. The SMILES string of the molecule is CC(=O)C(C)NC(=O)C(F)(F)C(F)(F)F. The molecule has 3 nitrogen and oxygen atoms in total. The molecule has 88 valence electrons. The Morgan fingerprint density at radius 1 is 1.13 bits per heavy atom. The van der Waals surface area contributed by atoms with E-state index in [1.54, 1.807) is 0 Å². The van der Waals surface area contributed by atoms with E-state index in [1.165, 1.54) is 5.32 Å². The highest BCUT2D eigenvalue weighted by molar-refractivity contribution is 5.90. The van der Waals surface area contributed by atoms with Crippen molar-refractivity contribution in [3.05, 3.63) is 0 Å². The summed E-state index contributed by atoms with van der Waals surface area (Å²) < 4.78 is 59.5. The fourth-order valence-electron chi connectivity index (χ4n) is 0.518. The molecule has 1 atom stereocenters. The fourth-order valence-corrected chi connectivity index (χ4v) is 0.518. The van der Waals surface area contributed by atoms with Gasteiger partial charge >= 0.3 is 18.0 Å². The van der Waals surface area contributed by atoms with E-state index in [2.05, 4.69) is 0 Å². The number of Topliss-reactive ketones (excluding diaryl/α,β-unsaturated/α-hetero) is 1. The second-order valence-electron chi connectivity index (χ2n) is 2.88. The zero-order valence-corrected chi connectivity index (χ0v) is 7.78. The summed E-state index contributed by atoms with van der Waals surface area (Å²) >= 11 is 0. The van der Waals surface area contributed by atoms with Gasteiger partial charge in [0.05, 0.1) is 6.04 Å². The molecule has 15 heavy (non-hydrogen) atoms. The number of nitrogens with one attached hydrogen (secondary N) is 1. The van der Waals surface area contributed by atoms with E-state index < -0.39 is 29.8 Å². The molecule has 0 aromatic carbocycles. The molecule has 0 rings (SSSR count). The van der Waals surface area contributed by atoms with Gasteiger partial charge in [-0.3, -0.25) is 9.59 Å². The van der Waals surface area contributed by atoms with Gasteiger partial charge in [0.25, 0.3) is 0 Å². The first-order chi connectivity index (χ1) is 6.50. The topological polar surface area (TPSA) is 46.2 Å². The van der Waals surface area contributed by atoms with E-state index in [1.807, 2.05) is 0 Å². The third-order valence-electron chi connectivity index (χ3n) is 1.60. The summed E-state index contributed by atoms with van der Waals surface area (Å²) in [5, 5.41) is 1.27. The van der Waals surface area contributed by atoms with E-state index in [9.17, 15) is 31.5 Å². The standard InChI is InChI=1S/C7H8F5NO2/c1-3(4(2)14)13-5(15)6(8,9)7(10,11)12/h3H,1-2H3,(H,13,15). The summed E-state index contributed by atoms with van der Waals surface area (Å²) in [5.41, 5.74) is 0. The number of hydrogen-bond donors (Lipinski definition) is 1. The van der Waals surface area contributed by atoms with E-state index in [0.717, 1.165) is 13.8 Å². The lowest BCUT2D eigenvalue weighted by Crippen LogP contribution is -2.53. The van der Waals surface area contributed by atoms with Crippen molar-refractivity contribution in [3.8, 4) is 0 Å². The van der Waals surface area contributed by atoms with E-state index >= 15 is 0 Å². The average Bonchev–Trinajstić information content (AvgIpc) is 2.01. The number of carbonyl (C=O) groups is 2. The number of carbonyl (C=O) groups excluding carboxylic acids is 2. The van der Waals surface area contributed by atoms with Crippen molar-refractivity contribution in [1.29, 1.82) is 0 Å². The Bertz CT molecular complexity index is 273. The molecule has 0 aliphatic rings. The Balaban J connectivity index is 4.66. The van der Waals surface area contributed by atoms with Crippen molar-refractivity contribution in [3.63, 3.8) is 0 Å². The first-order valence-electron chi connectivity index (χ1n) is 3.76. The number of ketones is 1. The molecule has 0 saturated heterocycles. The van der Waals surface area contributed by atoms with Gasteiger partial charge in [-0.15, -0.1) is 0 Å². The van der Waals surface area contributed by atoms with Crippen molar-refractivity contribution < 1.29 is 31.5 Å². The van der Waals surface area contributed by atoms with E-state index in [4.69, 9.17) is 0 Å². The molecule has 0 radical (unpaired) electrons. The van der Waals surface area contributed by atoms with Crippen LogP contribution in [0.15, 0.2) is 0 Å². The van der Waals surface area contributed by atoms with Gasteiger partial charge in [-0.2, -0.15) is 22.0 Å². The zero-order valence-electron chi connectivity index (χ0n) is 7.78. The number of hydrogen-bond acceptors (Lipinski definition) is 2. The highest BCUT2D eigenvalue weighted by Crippen LogP contribution is 2.35. The number of halogens is 5. The highest BCUT2D eigenvalue weighted by atomic mass is 19.4. The predicted octanol–water partition coefficient (Wildman–Crippen LogP) is 1.28. The highest BCUT2D eigenvalue weighted by Gasteiger charge is 2.63. The van der Waals surface area contributed by atoms with Gasteiger partial charge in [-0.1, -0.05) is 0 Å². The van der Waals surface area contributed by atoms with Gasteiger partial charge < -0.3 is 5.32 Å². The smallest absolute Gasteiger partial charge is 0.341 e. The minimum atomic E-state index is -5.96. The average molecular weight is 233 g/mol. The first kappa shape index (κ1) is 13.8. The van der Waals surface area contributed by atoms with Crippen LogP contribution in [0.3, 0.4) is 0 Å². The number of alkyl halides is 5. The molecule has 1 unspecified atom stereocenters. The predicted molar refractivity (Wildman–Crippen MR) is 39.3 cm³/mol. The Labute approximate surface area is 81.6 Å². The van der Waals surface area contributed by atoms with Gasteiger partial charge in [0, 0.05) is 0 Å². The summed E-state index contributed by atoms with van der Waals surface area (Å²) in [5.74, 6) is -8.74. The van der Waals surface area contributed by atoms with E-state index in [0.29, 0.717) is 0 Å². The Morgan fingerprint density at radius 2 is 1.53 bits per heavy atom. The quantitative estimate of drug-likeness (QED) is 0.746. The molecule has 0 heterocycles. The zero-order chi connectivity index (χ0) is 12.4. The maximum atomic E-state index is 12.3.